The molecule has 2 aromatic heterocycles. The van der Waals surface area contributed by atoms with Crippen LogP contribution in [0.1, 0.15) is 12.5 Å². The quantitative estimate of drug-likeness (QED) is 0.686. The molecule has 0 saturated heterocycles. The number of fused-ring (bicyclic) bond motifs is 1. The highest BCUT2D eigenvalue weighted by Crippen LogP contribution is 2.18. The van der Waals surface area contributed by atoms with E-state index in [0.29, 0.717) is 29.3 Å². The van der Waals surface area contributed by atoms with Crippen molar-refractivity contribution >= 4 is 34.5 Å². The van der Waals surface area contributed by atoms with Crippen LogP contribution in [0.5, 0.6) is 0 Å². The molecule has 0 aliphatic heterocycles. The Balaban J connectivity index is 1.83. The van der Waals surface area contributed by atoms with Crippen LogP contribution < -0.4 is 16.0 Å². The normalized spacial score (nSPS) is 10.4. The van der Waals surface area contributed by atoms with Gasteiger partial charge < -0.3 is 10.6 Å². The van der Waals surface area contributed by atoms with Crippen molar-refractivity contribution in [2.45, 2.75) is 13.8 Å². The van der Waals surface area contributed by atoms with Crippen molar-refractivity contribution in [2.24, 2.45) is 0 Å². The molecule has 2 amide bonds. The van der Waals surface area contributed by atoms with Gasteiger partial charge in [0.15, 0.2) is 11.5 Å². The second kappa shape index (κ2) is 6.91. The average molecular weight is 322 g/mol. The summed E-state index contributed by atoms with van der Waals surface area (Å²) in [4.78, 5) is 24.6. The molecule has 0 fully saturated rings. The van der Waals surface area contributed by atoms with E-state index < -0.39 is 0 Å². The number of hydrogen-bond acceptors (Lipinski definition) is 5. The van der Waals surface area contributed by atoms with Crippen LogP contribution in [0.4, 0.5) is 22.1 Å². The van der Waals surface area contributed by atoms with E-state index in [2.05, 4.69) is 30.9 Å². The zero-order chi connectivity index (χ0) is 16.9. The number of pyridine rings is 1. The van der Waals surface area contributed by atoms with E-state index in [1.807, 2.05) is 50.2 Å². The van der Waals surface area contributed by atoms with Crippen LogP contribution in [0.15, 0.2) is 42.6 Å². The Morgan fingerprint density at radius 1 is 1.04 bits per heavy atom. The van der Waals surface area contributed by atoms with Gasteiger partial charge in [0.05, 0.1) is 6.20 Å². The summed E-state index contributed by atoms with van der Waals surface area (Å²) in [6.07, 6.45) is 1.51. The molecule has 0 aliphatic rings. The molecule has 24 heavy (non-hydrogen) atoms. The van der Waals surface area contributed by atoms with Gasteiger partial charge >= 0.3 is 6.03 Å². The first kappa shape index (κ1) is 15.7. The summed E-state index contributed by atoms with van der Waals surface area (Å²) in [6.45, 7) is 4.42. The molecule has 0 unspecified atom stereocenters. The van der Waals surface area contributed by atoms with Crippen molar-refractivity contribution < 1.29 is 4.79 Å². The molecule has 0 bridgehead atoms. The smallest absolute Gasteiger partial charge is 0.320 e. The summed E-state index contributed by atoms with van der Waals surface area (Å²) in [5, 5.41) is 8.49. The summed E-state index contributed by atoms with van der Waals surface area (Å²) >= 11 is 0. The predicted molar refractivity (Wildman–Crippen MR) is 94.5 cm³/mol. The Morgan fingerprint density at radius 2 is 1.79 bits per heavy atom. The number of urea groups is 1. The predicted octanol–water partition coefficient (Wildman–Crippen LogP) is 3.22. The summed E-state index contributed by atoms with van der Waals surface area (Å²) < 4.78 is 0. The minimum Gasteiger partial charge on any atom is -0.340 e. The van der Waals surface area contributed by atoms with E-state index >= 15 is 0 Å². The Hall–Kier alpha value is -3.22. The molecule has 0 atom stereocenters. The van der Waals surface area contributed by atoms with Crippen molar-refractivity contribution in [3.63, 3.8) is 0 Å². The standard InChI is InChI=1S/C17H18N6O/c1-3-18-17(24)23-15-10-19-13-8-9-14(21-16(13)22-15)20-12-6-4-11(2)5-7-12/h4-10H,3H2,1-2H3,(H3,18,20,21,22,23,24). The first-order chi connectivity index (χ1) is 11.6. The molecule has 0 spiro atoms. The van der Waals surface area contributed by atoms with Gasteiger partial charge in [0.2, 0.25) is 0 Å². The number of carbonyl (C=O) groups is 1. The molecule has 3 aromatic rings. The van der Waals surface area contributed by atoms with Crippen molar-refractivity contribution in [3.05, 3.63) is 48.2 Å². The first-order valence-electron chi connectivity index (χ1n) is 7.66. The second-order valence-electron chi connectivity index (χ2n) is 5.27. The fourth-order valence-electron chi connectivity index (χ4n) is 2.13. The van der Waals surface area contributed by atoms with Gasteiger partial charge in [-0.3, -0.25) is 5.32 Å². The fraction of sp³-hybridized carbons (Fsp3) is 0.176. The molecule has 3 rings (SSSR count). The number of nitrogens with one attached hydrogen (secondary N) is 3. The lowest BCUT2D eigenvalue weighted by molar-refractivity contribution is 0.252. The monoisotopic (exact) mass is 322 g/mol. The number of hydrogen-bond donors (Lipinski definition) is 3. The number of nitrogens with zero attached hydrogens (tertiary/aromatic N) is 3. The molecule has 2 heterocycles. The summed E-state index contributed by atoms with van der Waals surface area (Å²) in [5.74, 6) is 1.02. The van der Waals surface area contributed by atoms with Crippen molar-refractivity contribution in [2.75, 3.05) is 17.2 Å². The molecule has 7 heteroatoms. The molecule has 3 N–H and O–H groups in total. The van der Waals surface area contributed by atoms with Gasteiger partial charge in [-0.05, 0) is 38.1 Å². The lowest BCUT2D eigenvalue weighted by Gasteiger charge is -2.08. The van der Waals surface area contributed by atoms with E-state index in [-0.39, 0.29) is 6.03 Å². The molecule has 122 valence electrons. The maximum Gasteiger partial charge on any atom is 0.320 e. The van der Waals surface area contributed by atoms with E-state index in [0.717, 1.165) is 5.69 Å². The minimum atomic E-state index is -0.319. The van der Waals surface area contributed by atoms with Gasteiger partial charge in [-0.15, -0.1) is 0 Å². The third-order valence-corrected chi connectivity index (χ3v) is 3.31. The van der Waals surface area contributed by atoms with Crippen LogP contribution in [0.3, 0.4) is 0 Å². The second-order valence-corrected chi connectivity index (χ2v) is 5.27. The lowest BCUT2D eigenvalue weighted by atomic mass is 10.2. The summed E-state index contributed by atoms with van der Waals surface area (Å²) in [6, 6.07) is 11.4. The third-order valence-electron chi connectivity index (χ3n) is 3.31. The topological polar surface area (TPSA) is 91.8 Å². The molecule has 0 saturated carbocycles. The van der Waals surface area contributed by atoms with Gasteiger partial charge in [-0.2, -0.15) is 0 Å². The molecular weight excluding hydrogens is 304 g/mol. The van der Waals surface area contributed by atoms with Gasteiger partial charge in [0.1, 0.15) is 11.3 Å². The number of amides is 2. The fourth-order valence-corrected chi connectivity index (χ4v) is 2.13. The molecule has 1 aromatic carbocycles. The molecule has 0 radical (unpaired) electrons. The van der Waals surface area contributed by atoms with Crippen LogP contribution >= 0.6 is 0 Å². The maximum absolute atomic E-state index is 11.6. The number of aromatic nitrogens is 3. The van der Waals surface area contributed by atoms with Crippen molar-refractivity contribution in [3.8, 4) is 0 Å². The van der Waals surface area contributed by atoms with Gasteiger partial charge in [-0.25, -0.2) is 19.7 Å². The van der Waals surface area contributed by atoms with Gasteiger partial charge in [0, 0.05) is 12.2 Å². The van der Waals surface area contributed by atoms with E-state index in [1.54, 1.807) is 0 Å². The largest absolute Gasteiger partial charge is 0.340 e. The highest BCUT2D eigenvalue weighted by Gasteiger charge is 2.06. The van der Waals surface area contributed by atoms with E-state index in [9.17, 15) is 4.79 Å². The summed E-state index contributed by atoms with van der Waals surface area (Å²) in [7, 11) is 0. The number of aryl methyl sites for hydroxylation is 1. The number of anilines is 3. The van der Waals surface area contributed by atoms with E-state index in [4.69, 9.17) is 0 Å². The Morgan fingerprint density at radius 3 is 2.54 bits per heavy atom. The van der Waals surface area contributed by atoms with Gasteiger partial charge in [0.25, 0.3) is 0 Å². The zero-order valence-corrected chi connectivity index (χ0v) is 13.5. The molecular formula is C17H18N6O. The maximum atomic E-state index is 11.6. The highest BCUT2D eigenvalue weighted by atomic mass is 16.2. The van der Waals surface area contributed by atoms with Crippen molar-refractivity contribution in [1.82, 2.24) is 20.3 Å². The minimum absolute atomic E-state index is 0.319. The average Bonchev–Trinajstić information content (AvgIpc) is 2.57. The number of carbonyl (C=O) groups excluding carboxylic acids is 1. The first-order valence-corrected chi connectivity index (χ1v) is 7.66. The van der Waals surface area contributed by atoms with Crippen LogP contribution in [0.2, 0.25) is 0 Å². The Bertz CT molecular complexity index is 863. The molecule has 0 aliphatic carbocycles. The van der Waals surface area contributed by atoms with Crippen molar-refractivity contribution in [1.29, 1.82) is 0 Å². The third kappa shape index (κ3) is 3.75. The Labute approximate surface area is 139 Å². The number of rotatable bonds is 4. The SMILES string of the molecule is CCNC(=O)Nc1cnc2ccc(Nc3ccc(C)cc3)nc2n1. The van der Waals surface area contributed by atoms with E-state index in [1.165, 1.54) is 11.8 Å². The van der Waals surface area contributed by atoms with Crippen LogP contribution in [-0.2, 0) is 0 Å². The highest BCUT2D eigenvalue weighted by molar-refractivity contribution is 5.89. The van der Waals surface area contributed by atoms with Crippen LogP contribution in [0.25, 0.3) is 11.2 Å². The Kier molecular flexibility index (Phi) is 4.51. The number of benzene rings is 1. The summed E-state index contributed by atoms with van der Waals surface area (Å²) in [5.41, 5.74) is 3.25. The van der Waals surface area contributed by atoms with Crippen LogP contribution in [0, 0.1) is 6.92 Å². The molecule has 7 nitrogen and oxygen atoms in total. The zero-order valence-electron chi connectivity index (χ0n) is 13.5. The van der Waals surface area contributed by atoms with Gasteiger partial charge in [-0.1, -0.05) is 17.7 Å². The van der Waals surface area contributed by atoms with Crippen LogP contribution in [-0.4, -0.2) is 27.5 Å². The lowest BCUT2D eigenvalue weighted by Crippen LogP contribution is -2.28.